The number of benzene rings is 1. The predicted octanol–water partition coefficient (Wildman–Crippen LogP) is 2.61. The number of hydrogen-bond donors (Lipinski definition) is 2. The van der Waals surface area contributed by atoms with Gasteiger partial charge in [-0.25, -0.2) is 4.98 Å². The van der Waals surface area contributed by atoms with Gasteiger partial charge in [0.15, 0.2) is 5.75 Å². The van der Waals surface area contributed by atoms with Gasteiger partial charge < -0.3 is 10.1 Å². The number of ether oxygens (including phenoxy) is 1. The van der Waals surface area contributed by atoms with Crippen molar-refractivity contribution in [2.45, 2.75) is 13.0 Å². The molecule has 106 valence electrons. The van der Waals surface area contributed by atoms with Crippen molar-refractivity contribution in [2.75, 3.05) is 7.11 Å². The van der Waals surface area contributed by atoms with Crippen molar-refractivity contribution in [3.63, 3.8) is 0 Å². The minimum atomic E-state index is -0.319. The standard InChI is InChI=1S/C12H12Cl2N4O2/c1-6(11-15-5-16-18-11)17-12(19)7-3-8(13)10(20-2)9(14)4-7/h3-6H,1-2H3,(H,17,19)(H,15,16,18). The lowest BCUT2D eigenvalue weighted by molar-refractivity contribution is 0.0938. The summed E-state index contributed by atoms with van der Waals surface area (Å²) in [6, 6.07) is 2.67. The van der Waals surface area contributed by atoms with Gasteiger partial charge in [0.05, 0.1) is 23.2 Å². The summed E-state index contributed by atoms with van der Waals surface area (Å²) in [6.07, 6.45) is 1.37. The maximum atomic E-state index is 12.1. The van der Waals surface area contributed by atoms with Crippen molar-refractivity contribution in [3.05, 3.63) is 39.9 Å². The van der Waals surface area contributed by atoms with Crippen LogP contribution in [0.5, 0.6) is 5.75 Å². The maximum Gasteiger partial charge on any atom is 0.251 e. The van der Waals surface area contributed by atoms with E-state index in [0.717, 1.165) is 0 Å². The molecule has 1 amide bonds. The van der Waals surface area contributed by atoms with Gasteiger partial charge in [-0.2, -0.15) is 5.10 Å². The second-order valence-electron chi connectivity index (χ2n) is 4.04. The molecule has 0 aliphatic carbocycles. The number of hydrogen-bond acceptors (Lipinski definition) is 4. The Kier molecular flexibility index (Phi) is 4.46. The lowest BCUT2D eigenvalue weighted by Gasteiger charge is -2.12. The zero-order valence-electron chi connectivity index (χ0n) is 10.8. The molecule has 0 spiro atoms. The fourth-order valence-corrected chi connectivity index (χ4v) is 2.30. The Balaban J connectivity index is 2.17. The Morgan fingerprint density at radius 2 is 2.05 bits per heavy atom. The molecule has 1 aromatic carbocycles. The Morgan fingerprint density at radius 3 is 2.55 bits per heavy atom. The van der Waals surface area contributed by atoms with Crippen LogP contribution in [-0.2, 0) is 0 Å². The van der Waals surface area contributed by atoms with Crippen LogP contribution in [0.4, 0.5) is 0 Å². The van der Waals surface area contributed by atoms with Gasteiger partial charge in [-0.15, -0.1) is 0 Å². The fourth-order valence-electron chi connectivity index (χ4n) is 1.66. The summed E-state index contributed by atoms with van der Waals surface area (Å²) < 4.78 is 5.03. The molecule has 0 radical (unpaired) electrons. The highest BCUT2D eigenvalue weighted by Gasteiger charge is 2.16. The second-order valence-corrected chi connectivity index (χ2v) is 4.85. The zero-order valence-corrected chi connectivity index (χ0v) is 12.3. The van der Waals surface area contributed by atoms with E-state index in [1.54, 1.807) is 6.92 Å². The van der Waals surface area contributed by atoms with E-state index in [2.05, 4.69) is 20.5 Å². The minimum absolute atomic E-state index is 0.275. The molecule has 2 N–H and O–H groups in total. The molecule has 20 heavy (non-hydrogen) atoms. The Labute approximate surface area is 125 Å². The monoisotopic (exact) mass is 314 g/mol. The average Bonchev–Trinajstić information content (AvgIpc) is 2.92. The molecule has 1 aromatic heterocycles. The van der Waals surface area contributed by atoms with E-state index in [-0.39, 0.29) is 22.0 Å². The molecule has 0 aliphatic rings. The van der Waals surface area contributed by atoms with Crippen molar-refractivity contribution < 1.29 is 9.53 Å². The number of amides is 1. The molecule has 0 bridgehead atoms. The molecule has 2 aromatic rings. The molecular weight excluding hydrogens is 303 g/mol. The van der Waals surface area contributed by atoms with Crippen LogP contribution < -0.4 is 10.1 Å². The molecule has 0 saturated carbocycles. The molecule has 0 fully saturated rings. The fraction of sp³-hybridized carbons (Fsp3) is 0.250. The topological polar surface area (TPSA) is 79.9 Å². The normalized spacial score (nSPS) is 12.0. The summed E-state index contributed by atoms with van der Waals surface area (Å²) in [7, 11) is 1.46. The molecule has 1 unspecified atom stereocenters. The predicted molar refractivity (Wildman–Crippen MR) is 75.3 cm³/mol. The van der Waals surface area contributed by atoms with Crippen LogP contribution in [0.15, 0.2) is 18.5 Å². The van der Waals surface area contributed by atoms with Crippen molar-refractivity contribution in [2.24, 2.45) is 0 Å². The SMILES string of the molecule is COc1c(Cl)cc(C(=O)NC(C)c2ncn[nH]2)cc1Cl. The van der Waals surface area contributed by atoms with Crippen LogP contribution in [0.1, 0.15) is 29.1 Å². The van der Waals surface area contributed by atoms with Gasteiger partial charge in [-0.1, -0.05) is 23.2 Å². The molecule has 1 atom stereocenters. The molecule has 0 saturated heterocycles. The first-order valence-corrected chi connectivity index (χ1v) is 6.47. The van der Waals surface area contributed by atoms with Crippen molar-refractivity contribution >= 4 is 29.1 Å². The maximum absolute atomic E-state index is 12.1. The Bertz CT molecular complexity index is 593. The molecule has 2 rings (SSSR count). The first-order valence-electron chi connectivity index (χ1n) is 5.72. The van der Waals surface area contributed by atoms with Crippen molar-refractivity contribution in [1.29, 1.82) is 0 Å². The molecule has 0 aliphatic heterocycles. The highest BCUT2D eigenvalue weighted by atomic mass is 35.5. The van der Waals surface area contributed by atoms with Crippen molar-refractivity contribution in [3.8, 4) is 5.75 Å². The molecular formula is C12H12Cl2N4O2. The summed E-state index contributed by atoms with van der Waals surface area (Å²) >= 11 is 12.0. The highest BCUT2D eigenvalue weighted by molar-refractivity contribution is 6.37. The zero-order chi connectivity index (χ0) is 14.7. The lowest BCUT2D eigenvalue weighted by Crippen LogP contribution is -2.27. The van der Waals surface area contributed by atoms with Gasteiger partial charge in [0.25, 0.3) is 5.91 Å². The minimum Gasteiger partial charge on any atom is -0.494 e. The Hall–Kier alpha value is -1.79. The van der Waals surface area contributed by atoms with E-state index >= 15 is 0 Å². The number of rotatable bonds is 4. The van der Waals surface area contributed by atoms with Gasteiger partial charge >= 0.3 is 0 Å². The van der Waals surface area contributed by atoms with Gasteiger partial charge in [0, 0.05) is 5.56 Å². The average molecular weight is 315 g/mol. The smallest absolute Gasteiger partial charge is 0.251 e. The quantitative estimate of drug-likeness (QED) is 0.909. The number of H-pyrrole nitrogens is 1. The lowest BCUT2D eigenvalue weighted by atomic mass is 10.2. The van der Waals surface area contributed by atoms with Crippen LogP contribution in [-0.4, -0.2) is 28.2 Å². The van der Waals surface area contributed by atoms with Gasteiger partial charge in [0.1, 0.15) is 12.2 Å². The third kappa shape index (κ3) is 3.02. The number of aromatic nitrogens is 3. The van der Waals surface area contributed by atoms with Crippen molar-refractivity contribution in [1.82, 2.24) is 20.5 Å². The van der Waals surface area contributed by atoms with E-state index in [1.807, 2.05) is 0 Å². The number of methoxy groups -OCH3 is 1. The van der Waals surface area contributed by atoms with E-state index < -0.39 is 0 Å². The first kappa shape index (κ1) is 14.6. The van der Waals surface area contributed by atoms with Crippen LogP contribution in [0, 0.1) is 0 Å². The third-order valence-electron chi connectivity index (χ3n) is 2.66. The van der Waals surface area contributed by atoms with Crippen LogP contribution in [0.3, 0.4) is 0 Å². The highest BCUT2D eigenvalue weighted by Crippen LogP contribution is 2.33. The van der Waals surface area contributed by atoms with Gasteiger partial charge in [-0.3, -0.25) is 9.89 Å². The summed E-state index contributed by atoms with van der Waals surface area (Å²) in [5.74, 6) is 0.581. The Morgan fingerprint density at radius 1 is 1.40 bits per heavy atom. The number of halogens is 2. The van der Waals surface area contributed by atoms with Crippen LogP contribution >= 0.6 is 23.2 Å². The summed E-state index contributed by atoms with van der Waals surface area (Å²) in [5.41, 5.74) is 0.340. The van der Waals surface area contributed by atoms with E-state index in [1.165, 1.54) is 25.6 Å². The number of nitrogens with one attached hydrogen (secondary N) is 2. The van der Waals surface area contributed by atoms with E-state index in [9.17, 15) is 4.79 Å². The number of aromatic amines is 1. The summed E-state index contributed by atoms with van der Waals surface area (Å²) in [6.45, 7) is 1.78. The number of carbonyl (C=O) groups is 1. The van der Waals surface area contributed by atoms with Gasteiger partial charge in [0.2, 0.25) is 0 Å². The second kappa shape index (κ2) is 6.11. The molecule has 1 heterocycles. The first-order chi connectivity index (χ1) is 9.52. The van der Waals surface area contributed by atoms with Gasteiger partial charge in [-0.05, 0) is 19.1 Å². The van der Waals surface area contributed by atoms with Crippen LogP contribution in [0.25, 0.3) is 0 Å². The number of carbonyl (C=O) groups excluding carboxylic acids is 1. The molecule has 6 nitrogen and oxygen atoms in total. The summed E-state index contributed by atoms with van der Waals surface area (Å²) in [5, 5.41) is 9.73. The van der Waals surface area contributed by atoms with Crippen LogP contribution in [0.2, 0.25) is 10.0 Å². The summed E-state index contributed by atoms with van der Waals surface area (Å²) in [4.78, 5) is 16.1. The van der Waals surface area contributed by atoms with E-state index in [0.29, 0.717) is 17.1 Å². The molecule has 8 heteroatoms. The third-order valence-corrected chi connectivity index (χ3v) is 3.22. The largest absolute Gasteiger partial charge is 0.494 e. The van der Waals surface area contributed by atoms with E-state index in [4.69, 9.17) is 27.9 Å². The number of nitrogens with zero attached hydrogens (tertiary/aromatic N) is 2.